The normalized spacial score (nSPS) is 14.4. The predicted octanol–water partition coefficient (Wildman–Crippen LogP) is 4.60. The average Bonchev–Trinajstić information content (AvgIpc) is 2.27. The predicted molar refractivity (Wildman–Crippen MR) is 51.0 cm³/mol. The zero-order valence-corrected chi connectivity index (χ0v) is 9.88. The van der Waals surface area contributed by atoms with E-state index >= 15 is 0 Å². The Morgan fingerprint density at radius 3 is 1.75 bits per heavy atom. The maximum atomic E-state index is 13.1. The Kier molecular flexibility index (Phi) is 4.24. The molecule has 0 bridgehead atoms. The monoisotopic (exact) mass is 329 g/mol. The molecule has 1 aromatic rings. The summed E-state index contributed by atoms with van der Waals surface area (Å²) in [5, 5.41) is -6.53. The molecule has 0 N–H and O–H groups in total. The number of hydrogen-bond acceptors (Lipinski definition) is 2. The van der Waals surface area contributed by atoms with Crippen molar-refractivity contribution in [2.75, 3.05) is 0 Å². The molecule has 0 aliphatic carbocycles. The fraction of sp³-hybridized carbons (Fsp3) is 0.444. The molecule has 1 heterocycles. The zero-order valence-electron chi connectivity index (χ0n) is 9.07. The van der Waals surface area contributed by atoms with Crippen LogP contribution in [0.1, 0.15) is 0 Å². The van der Waals surface area contributed by atoms with Gasteiger partial charge in [-0.25, -0.2) is 4.98 Å². The highest BCUT2D eigenvalue weighted by atomic mass is 32.2. The second kappa shape index (κ2) is 5.01. The van der Waals surface area contributed by atoms with E-state index in [-0.39, 0.29) is 0 Å². The molecule has 0 aliphatic rings. The lowest BCUT2D eigenvalue weighted by Gasteiger charge is -2.32. The van der Waals surface area contributed by atoms with Gasteiger partial charge in [0.05, 0.1) is 0 Å². The van der Waals surface area contributed by atoms with Gasteiger partial charge in [0, 0.05) is 6.20 Å². The summed E-state index contributed by atoms with van der Waals surface area (Å²) < 4.78 is 112. The summed E-state index contributed by atoms with van der Waals surface area (Å²) in [5.41, 5.74) is 0. The van der Waals surface area contributed by atoms with Crippen LogP contribution in [0.5, 0.6) is 0 Å². The van der Waals surface area contributed by atoms with Crippen LogP contribution in [0.15, 0.2) is 29.4 Å². The van der Waals surface area contributed by atoms with E-state index < -0.39 is 40.1 Å². The summed E-state index contributed by atoms with van der Waals surface area (Å²) in [4.78, 5) is 3.15. The minimum Gasteiger partial charge on any atom is -0.250 e. The van der Waals surface area contributed by atoms with Gasteiger partial charge in [-0.1, -0.05) is 6.07 Å². The molecule has 1 rings (SSSR count). The Morgan fingerprint density at radius 1 is 0.800 bits per heavy atom. The fourth-order valence-electron chi connectivity index (χ4n) is 0.964. The van der Waals surface area contributed by atoms with Crippen LogP contribution in [-0.4, -0.2) is 28.3 Å². The molecule has 1 nitrogen and oxygen atoms in total. The van der Waals surface area contributed by atoms with Crippen molar-refractivity contribution >= 4 is 11.8 Å². The van der Waals surface area contributed by atoms with Gasteiger partial charge < -0.3 is 0 Å². The number of nitrogens with zero attached hydrogens (tertiary/aromatic N) is 1. The number of hydrogen-bond donors (Lipinski definition) is 0. The first-order valence-electron chi connectivity index (χ1n) is 4.63. The SMILES string of the molecule is FC(F)(F)C(F)(F)C(F)(F)C(F)(F)Sc1ccccn1. The Bertz CT molecular complexity index is 456. The molecule has 114 valence electrons. The summed E-state index contributed by atoms with van der Waals surface area (Å²) >= 11 is -1.18. The van der Waals surface area contributed by atoms with Crippen LogP contribution >= 0.6 is 11.8 Å². The number of thioether (sulfide) groups is 1. The highest BCUT2D eigenvalue weighted by Gasteiger charge is 2.82. The van der Waals surface area contributed by atoms with Crippen LogP contribution in [0.2, 0.25) is 0 Å². The zero-order chi connectivity index (χ0) is 15.8. The van der Waals surface area contributed by atoms with E-state index in [9.17, 15) is 39.5 Å². The third kappa shape index (κ3) is 2.81. The summed E-state index contributed by atoms with van der Waals surface area (Å²) in [6.07, 6.45) is -5.93. The first-order valence-corrected chi connectivity index (χ1v) is 5.45. The fourth-order valence-corrected chi connectivity index (χ4v) is 1.74. The molecular weight excluding hydrogens is 325 g/mol. The summed E-state index contributed by atoms with van der Waals surface area (Å²) in [7, 11) is 0. The van der Waals surface area contributed by atoms with E-state index in [0.717, 1.165) is 18.3 Å². The first kappa shape index (κ1) is 16.9. The molecule has 0 aromatic carbocycles. The van der Waals surface area contributed by atoms with Gasteiger partial charge in [0.25, 0.3) is 0 Å². The van der Waals surface area contributed by atoms with Crippen LogP contribution in [0.4, 0.5) is 39.5 Å². The molecule has 0 unspecified atom stereocenters. The van der Waals surface area contributed by atoms with Crippen molar-refractivity contribution in [3.05, 3.63) is 24.4 Å². The van der Waals surface area contributed by atoms with Crippen LogP contribution in [0.25, 0.3) is 0 Å². The molecule has 11 heteroatoms. The number of alkyl halides is 9. The third-order valence-corrected chi connectivity index (χ3v) is 2.95. The Balaban J connectivity index is 3.12. The van der Waals surface area contributed by atoms with Gasteiger partial charge in [0.15, 0.2) is 0 Å². The Labute approximate surface area is 110 Å². The second-order valence-corrected chi connectivity index (χ2v) is 4.57. The molecule has 0 radical (unpaired) electrons. The molecular formula is C9H4F9NS. The smallest absolute Gasteiger partial charge is 0.250 e. The molecule has 0 aliphatic heterocycles. The van der Waals surface area contributed by atoms with Crippen LogP contribution in [-0.2, 0) is 0 Å². The van der Waals surface area contributed by atoms with Gasteiger partial charge in [-0.2, -0.15) is 39.5 Å². The topological polar surface area (TPSA) is 12.9 Å². The minimum absolute atomic E-state index is 0.764. The lowest BCUT2D eigenvalue weighted by atomic mass is 10.1. The summed E-state index contributed by atoms with van der Waals surface area (Å²) in [5.74, 6) is -13.5. The van der Waals surface area contributed by atoms with Gasteiger partial charge >= 0.3 is 23.3 Å². The maximum Gasteiger partial charge on any atom is 0.460 e. The van der Waals surface area contributed by atoms with Crippen LogP contribution in [0, 0.1) is 0 Å². The highest BCUT2D eigenvalue weighted by Crippen LogP contribution is 2.57. The maximum absolute atomic E-state index is 13.1. The van der Waals surface area contributed by atoms with Crippen molar-refractivity contribution in [2.45, 2.75) is 28.3 Å². The molecule has 0 atom stereocenters. The van der Waals surface area contributed by atoms with E-state index in [4.69, 9.17) is 0 Å². The van der Waals surface area contributed by atoms with E-state index in [2.05, 4.69) is 4.98 Å². The van der Waals surface area contributed by atoms with Crippen molar-refractivity contribution in [3.63, 3.8) is 0 Å². The van der Waals surface area contributed by atoms with Crippen molar-refractivity contribution in [2.24, 2.45) is 0 Å². The molecule has 0 spiro atoms. The van der Waals surface area contributed by atoms with Gasteiger partial charge in [-0.15, -0.1) is 0 Å². The Morgan fingerprint density at radius 2 is 1.35 bits per heavy atom. The molecule has 0 amide bonds. The van der Waals surface area contributed by atoms with Gasteiger partial charge in [0.2, 0.25) is 0 Å². The van der Waals surface area contributed by atoms with Gasteiger partial charge in [-0.3, -0.25) is 0 Å². The number of rotatable bonds is 4. The minimum atomic E-state index is -6.88. The van der Waals surface area contributed by atoms with Crippen molar-refractivity contribution in [1.82, 2.24) is 4.98 Å². The molecule has 0 saturated carbocycles. The summed E-state index contributed by atoms with van der Waals surface area (Å²) in [6.45, 7) is 0. The Hall–Kier alpha value is -1.13. The van der Waals surface area contributed by atoms with E-state index in [1.165, 1.54) is 6.07 Å². The third-order valence-electron chi connectivity index (χ3n) is 1.99. The highest BCUT2D eigenvalue weighted by molar-refractivity contribution is 8.00. The van der Waals surface area contributed by atoms with E-state index in [0.29, 0.717) is 0 Å². The largest absolute Gasteiger partial charge is 0.460 e. The number of halogens is 9. The first-order chi connectivity index (χ1) is 8.83. The number of pyridine rings is 1. The average molecular weight is 329 g/mol. The molecule has 20 heavy (non-hydrogen) atoms. The molecule has 0 saturated heterocycles. The number of aromatic nitrogens is 1. The van der Waals surface area contributed by atoms with Crippen molar-refractivity contribution < 1.29 is 39.5 Å². The quantitative estimate of drug-likeness (QED) is 0.591. The van der Waals surface area contributed by atoms with Gasteiger partial charge in [0.1, 0.15) is 5.03 Å². The lowest BCUT2D eigenvalue weighted by Crippen LogP contribution is -2.59. The van der Waals surface area contributed by atoms with Gasteiger partial charge in [-0.05, 0) is 23.9 Å². The van der Waals surface area contributed by atoms with Crippen LogP contribution < -0.4 is 0 Å². The van der Waals surface area contributed by atoms with Crippen LogP contribution in [0.3, 0.4) is 0 Å². The van der Waals surface area contributed by atoms with E-state index in [1.807, 2.05) is 0 Å². The second-order valence-electron chi connectivity index (χ2n) is 3.43. The molecule has 1 aromatic heterocycles. The lowest BCUT2D eigenvalue weighted by molar-refractivity contribution is -0.381. The van der Waals surface area contributed by atoms with Crippen molar-refractivity contribution in [3.8, 4) is 0 Å². The standard InChI is InChI=1S/C9H4F9NS/c10-6(11,8(14,15)16)7(12,13)9(17,18)20-5-3-1-2-4-19-5/h1-4H. The van der Waals surface area contributed by atoms with E-state index in [1.54, 1.807) is 0 Å². The van der Waals surface area contributed by atoms with Crippen molar-refractivity contribution in [1.29, 1.82) is 0 Å². The summed E-state index contributed by atoms with van der Waals surface area (Å²) in [6, 6.07) is 3.05. The molecule has 0 fully saturated rings.